The first kappa shape index (κ1) is 15.0. The minimum atomic E-state index is -0.692. The van der Waals surface area contributed by atoms with Gasteiger partial charge in [-0.2, -0.15) is 5.10 Å². The fourth-order valence-corrected chi connectivity index (χ4v) is 3.37. The predicted octanol–water partition coefficient (Wildman–Crippen LogP) is 2.51. The molecule has 112 valence electrons. The van der Waals surface area contributed by atoms with Crippen LogP contribution in [-0.4, -0.2) is 38.3 Å². The van der Waals surface area contributed by atoms with Gasteiger partial charge in [-0.1, -0.05) is 19.3 Å². The van der Waals surface area contributed by atoms with Crippen LogP contribution in [0.15, 0.2) is 12.3 Å². The summed E-state index contributed by atoms with van der Waals surface area (Å²) in [6, 6.07) is 2.03. The minimum Gasteiger partial charge on any atom is -0.481 e. The summed E-state index contributed by atoms with van der Waals surface area (Å²) < 4.78 is 1.98. The zero-order valence-corrected chi connectivity index (χ0v) is 12.5. The highest BCUT2D eigenvalue weighted by Crippen LogP contribution is 2.36. The lowest BCUT2D eigenvalue weighted by atomic mass is 9.78. The number of aryl methyl sites for hydroxylation is 1. The van der Waals surface area contributed by atoms with E-state index in [1.54, 1.807) is 0 Å². The second-order valence-electron chi connectivity index (χ2n) is 5.85. The van der Waals surface area contributed by atoms with Crippen molar-refractivity contribution in [3.05, 3.63) is 18.0 Å². The van der Waals surface area contributed by atoms with E-state index in [4.69, 9.17) is 0 Å². The first-order valence-corrected chi connectivity index (χ1v) is 7.51. The lowest BCUT2D eigenvalue weighted by molar-refractivity contribution is -0.141. The molecule has 1 aliphatic rings. The molecule has 0 atom stereocenters. The second-order valence-corrected chi connectivity index (χ2v) is 5.85. The van der Waals surface area contributed by atoms with Crippen LogP contribution in [0.1, 0.15) is 51.1 Å². The molecule has 1 saturated carbocycles. The van der Waals surface area contributed by atoms with E-state index in [1.807, 2.05) is 16.9 Å². The molecule has 1 heterocycles. The van der Waals surface area contributed by atoms with Crippen LogP contribution in [0.5, 0.6) is 0 Å². The minimum absolute atomic E-state index is 0.188. The smallest absolute Gasteiger partial charge is 0.305 e. The third-order valence-corrected chi connectivity index (χ3v) is 4.58. The highest BCUT2D eigenvalue weighted by Gasteiger charge is 2.38. The molecule has 20 heavy (non-hydrogen) atoms. The van der Waals surface area contributed by atoms with Crippen LogP contribution in [0, 0.1) is 0 Å². The Bertz CT molecular complexity index is 450. The lowest BCUT2D eigenvalue weighted by Crippen LogP contribution is -2.49. The Labute approximate surface area is 120 Å². The van der Waals surface area contributed by atoms with Crippen molar-refractivity contribution in [3.8, 4) is 0 Å². The Morgan fingerprint density at radius 3 is 2.75 bits per heavy atom. The molecule has 1 fully saturated rings. The van der Waals surface area contributed by atoms with E-state index in [0.29, 0.717) is 0 Å². The average molecular weight is 279 g/mol. The van der Waals surface area contributed by atoms with Gasteiger partial charge in [0, 0.05) is 24.8 Å². The van der Waals surface area contributed by atoms with E-state index in [9.17, 15) is 9.90 Å². The van der Waals surface area contributed by atoms with E-state index in [1.165, 1.54) is 6.42 Å². The van der Waals surface area contributed by atoms with Crippen molar-refractivity contribution in [2.24, 2.45) is 0 Å². The maximum Gasteiger partial charge on any atom is 0.305 e. The maximum absolute atomic E-state index is 11.3. The van der Waals surface area contributed by atoms with Gasteiger partial charge >= 0.3 is 5.97 Å². The van der Waals surface area contributed by atoms with Crippen molar-refractivity contribution in [2.45, 2.75) is 64.1 Å². The predicted molar refractivity (Wildman–Crippen MR) is 77.4 cm³/mol. The first-order valence-electron chi connectivity index (χ1n) is 7.51. The van der Waals surface area contributed by atoms with Crippen molar-refractivity contribution in [2.75, 3.05) is 7.05 Å². The summed E-state index contributed by atoms with van der Waals surface area (Å²) in [5, 5.41) is 13.6. The monoisotopic (exact) mass is 279 g/mol. The molecule has 0 unspecified atom stereocenters. The van der Waals surface area contributed by atoms with Gasteiger partial charge in [-0.3, -0.25) is 14.4 Å². The van der Waals surface area contributed by atoms with Crippen LogP contribution in [0.3, 0.4) is 0 Å². The summed E-state index contributed by atoms with van der Waals surface area (Å²) >= 11 is 0. The molecule has 0 radical (unpaired) electrons. The summed E-state index contributed by atoms with van der Waals surface area (Å²) in [6.07, 6.45) is 7.50. The van der Waals surface area contributed by atoms with E-state index < -0.39 is 5.97 Å². The zero-order chi connectivity index (χ0) is 14.6. The number of carboxylic acids is 1. The van der Waals surface area contributed by atoms with Gasteiger partial charge in [0.15, 0.2) is 0 Å². The van der Waals surface area contributed by atoms with E-state index in [0.717, 1.165) is 44.5 Å². The fourth-order valence-electron chi connectivity index (χ4n) is 3.37. The number of carbonyl (C=O) groups is 1. The third kappa shape index (κ3) is 3.20. The van der Waals surface area contributed by atoms with E-state index in [2.05, 4.69) is 24.0 Å². The summed E-state index contributed by atoms with van der Waals surface area (Å²) in [5.74, 6) is -0.692. The van der Waals surface area contributed by atoms with Gasteiger partial charge in [-0.25, -0.2) is 0 Å². The molecule has 0 saturated heterocycles. The molecule has 0 amide bonds. The van der Waals surface area contributed by atoms with Crippen LogP contribution in [0.25, 0.3) is 0 Å². The molecule has 1 aromatic heterocycles. The number of rotatable bonds is 6. The molecular weight excluding hydrogens is 254 g/mol. The molecule has 0 aromatic carbocycles. The molecule has 1 aliphatic carbocycles. The summed E-state index contributed by atoms with van der Waals surface area (Å²) in [6.45, 7) is 3.69. The normalized spacial score (nSPS) is 18.4. The summed E-state index contributed by atoms with van der Waals surface area (Å²) in [5.41, 5.74) is 0.970. The lowest BCUT2D eigenvalue weighted by Gasteiger charge is -2.44. The van der Waals surface area contributed by atoms with Crippen molar-refractivity contribution >= 4 is 5.97 Å². The first-order chi connectivity index (χ1) is 9.57. The van der Waals surface area contributed by atoms with Gasteiger partial charge in [-0.05, 0) is 32.9 Å². The number of carboxylic acid groups (broad SMARTS) is 1. The van der Waals surface area contributed by atoms with Crippen LogP contribution in [0.4, 0.5) is 0 Å². The highest BCUT2D eigenvalue weighted by molar-refractivity contribution is 5.68. The molecule has 2 rings (SSSR count). The van der Waals surface area contributed by atoms with Gasteiger partial charge in [0.25, 0.3) is 0 Å². The van der Waals surface area contributed by atoms with E-state index in [-0.39, 0.29) is 12.0 Å². The van der Waals surface area contributed by atoms with Gasteiger partial charge in [0.1, 0.15) is 0 Å². The largest absolute Gasteiger partial charge is 0.481 e. The zero-order valence-electron chi connectivity index (χ0n) is 12.5. The second kappa shape index (κ2) is 6.39. The Kier molecular flexibility index (Phi) is 4.81. The van der Waals surface area contributed by atoms with Gasteiger partial charge in [0.05, 0.1) is 12.1 Å². The van der Waals surface area contributed by atoms with Gasteiger partial charge in [-0.15, -0.1) is 0 Å². The number of hydrogen-bond acceptors (Lipinski definition) is 3. The molecular formula is C15H25N3O2. The van der Waals surface area contributed by atoms with Crippen LogP contribution < -0.4 is 0 Å². The molecule has 0 bridgehead atoms. The highest BCUT2D eigenvalue weighted by atomic mass is 16.4. The topological polar surface area (TPSA) is 58.4 Å². The summed E-state index contributed by atoms with van der Waals surface area (Å²) in [7, 11) is 2.06. The molecule has 0 spiro atoms. The summed E-state index contributed by atoms with van der Waals surface area (Å²) in [4.78, 5) is 13.5. The quantitative estimate of drug-likeness (QED) is 0.869. The Balaban J connectivity index is 2.13. The molecule has 5 nitrogen and oxygen atoms in total. The van der Waals surface area contributed by atoms with Crippen molar-refractivity contribution < 1.29 is 9.90 Å². The SMILES string of the molecule is CCn1nccc1CN(C)C1(CC(=O)O)CCCCC1. The van der Waals surface area contributed by atoms with E-state index >= 15 is 0 Å². The van der Waals surface area contributed by atoms with Crippen LogP contribution in [0.2, 0.25) is 0 Å². The van der Waals surface area contributed by atoms with Gasteiger partial charge in [0.2, 0.25) is 0 Å². The average Bonchev–Trinajstić information content (AvgIpc) is 2.86. The number of aliphatic carboxylic acids is 1. The fraction of sp³-hybridized carbons (Fsp3) is 0.733. The molecule has 1 N–H and O–H groups in total. The maximum atomic E-state index is 11.3. The molecule has 1 aromatic rings. The molecule has 5 heteroatoms. The number of aromatic nitrogens is 2. The Morgan fingerprint density at radius 2 is 2.15 bits per heavy atom. The number of hydrogen-bond donors (Lipinski definition) is 1. The molecule has 0 aliphatic heterocycles. The Hall–Kier alpha value is -1.36. The Morgan fingerprint density at radius 1 is 1.45 bits per heavy atom. The van der Waals surface area contributed by atoms with Gasteiger partial charge < -0.3 is 5.11 Å². The van der Waals surface area contributed by atoms with Crippen molar-refractivity contribution in [1.29, 1.82) is 0 Å². The third-order valence-electron chi connectivity index (χ3n) is 4.58. The standard InChI is InChI=1S/C15H25N3O2/c1-3-18-13(7-10-16-18)12-17(2)15(11-14(19)20)8-5-4-6-9-15/h7,10H,3-6,8-9,11-12H2,1-2H3,(H,19,20). The number of nitrogens with zero attached hydrogens (tertiary/aromatic N) is 3. The van der Waals surface area contributed by atoms with Crippen LogP contribution in [-0.2, 0) is 17.9 Å². The van der Waals surface area contributed by atoms with Crippen LogP contribution >= 0.6 is 0 Å². The van der Waals surface area contributed by atoms with Crippen molar-refractivity contribution in [3.63, 3.8) is 0 Å². The van der Waals surface area contributed by atoms with Crippen molar-refractivity contribution in [1.82, 2.24) is 14.7 Å².